The van der Waals surface area contributed by atoms with Crippen molar-refractivity contribution in [3.05, 3.63) is 71.8 Å². The molecule has 0 bridgehead atoms. The summed E-state index contributed by atoms with van der Waals surface area (Å²) in [5.41, 5.74) is 3.86. The van der Waals surface area contributed by atoms with Crippen LogP contribution >= 0.6 is 0 Å². The van der Waals surface area contributed by atoms with E-state index in [1.165, 1.54) is 5.56 Å². The van der Waals surface area contributed by atoms with E-state index in [0.717, 1.165) is 16.9 Å². The number of para-hydroxylation sites is 1. The molecule has 0 spiro atoms. The predicted octanol–water partition coefficient (Wildman–Crippen LogP) is 3.36. The van der Waals surface area contributed by atoms with Crippen molar-refractivity contribution in [2.24, 2.45) is 0 Å². The molecule has 0 radical (unpaired) electrons. The number of amides is 2. The first kappa shape index (κ1) is 15.9. The molecule has 1 heterocycles. The molecule has 1 aliphatic heterocycles. The molecule has 0 saturated heterocycles. The van der Waals surface area contributed by atoms with Crippen molar-refractivity contribution in [2.75, 3.05) is 11.4 Å². The monoisotopic (exact) mass is 352 g/mol. The minimum Gasteiger partial charge on any atom is -0.314 e. The number of urea groups is 1. The van der Waals surface area contributed by atoms with Gasteiger partial charge in [0.25, 0.3) is 0 Å². The van der Waals surface area contributed by atoms with Gasteiger partial charge in [-0.15, -0.1) is 6.07 Å². The van der Waals surface area contributed by atoms with Gasteiger partial charge in [0.1, 0.15) is 0 Å². The van der Waals surface area contributed by atoms with Crippen LogP contribution in [0.15, 0.2) is 54.6 Å². The van der Waals surface area contributed by atoms with E-state index in [1.54, 1.807) is 4.90 Å². The van der Waals surface area contributed by atoms with Crippen LogP contribution in [-0.4, -0.2) is 12.6 Å². The zero-order valence-electron chi connectivity index (χ0n) is 11.8. The van der Waals surface area contributed by atoms with E-state index in [-0.39, 0.29) is 38.7 Å². The fourth-order valence-electron chi connectivity index (χ4n) is 2.26. The molecule has 0 saturated carbocycles. The summed E-state index contributed by atoms with van der Waals surface area (Å²) in [7, 11) is 0. The molecule has 21 heavy (non-hydrogen) atoms. The van der Waals surface area contributed by atoms with Gasteiger partial charge in [-0.1, -0.05) is 29.4 Å². The summed E-state index contributed by atoms with van der Waals surface area (Å²) in [6.07, 6.45) is 2.02. The van der Waals surface area contributed by atoms with Gasteiger partial charge >= 0.3 is 38.7 Å². The van der Waals surface area contributed by atoms with E-state index in [2.05, 4.69) is 17.4 Å². The van der Waals surface area contributed by atoms with Crippen molar-refractivity contribution >= 4 is 17.4 Å². The molecule has 0 fully saturated rings. The van der Waals surface area contributed by atoms with Crippen molar-refractivity contribution < 1.29 is 37.5 Å². The topological polar surface area (TPSA) is 32.3 Å². The molecule has 0 aliphatic carbocycles. The Morgan fingerprint density at radius 2 is 2.05 bits per heavy atom. The molecule has 0 unspecified atom stereocenters. The molecule has 1 aliphatic rings. The van der Waals surface area contributed by atoms with Crippen LogP contribution < -0.4 is 10.2 Å². The van der Waals surface area contributed by atoms with E-state index in [1.807, 2.05) is 55.5 Å². The maximum absolute atomic E-state index is 12.2. The maximum Gasteiger partial charge on any atom is 3.00 e. The summed E-state index contributed by atoms with van der Waals surface area (Å²) >= 11 is 0. The molecule has 2 amide bonds. The van der Waals surface area contributed by atoms with Crippen LogP contribution in [-0.2, 0) is 32.7 Å². The van der Waals surface area contributed by atoms with Gasteiger partial charge in [-0.2, -0.15) is 24.3 Å². The molecule has 4 heteroatoms. The van der Waals surface area contributed by atoms with Gasteiger partial charge < -0.3 is 10.2 Å². The van der Waals surface area contributed by atoms with Crippen LogP contribution in [0.5, 0.6) is 0 Å². The van der Waals surface area contributed by atoms with Gasteiger partial charge in [0.15, 0.2) is 0 Å². The number of hydrogen-bond donors (Lipinski definition) is 1. The first-order valence-electron chi connectivity index (χ1n) is 6.56. The molecule has 3 nitrogen and oxygen atoms in total. The number of rotatable bonds is 2. The molecule has 3 rings (SSSR count). The normalized spacial score (nSPS) is 14.0. The number of anilines is 1. The summed E-state index contributed by atoms with van der Waals surface area (Å²) in [6.45, 7) is 2.59. The molecule has 2 aromatic carbocycles. The molecular formula is C17H15N2OY+2. The van der Waals surface area contributed by atoms with Crippen molar-refractivity contribution in [1.82, 2.24) is 5.32 Å². The van der Waals surface area contributed by atoms with E-state index in [9.17, 15) is 4.79 Å². The largest absolute Gasteiger partial charge is 3.00 e. The third kappa shape index (κ3) is 3.61. The van der Waals surface area contributed by atoms with Gasteiger partial charge in [0.05, 0.1) is 0 Å². The van der Waals surface area contributed by atoms with Crippen molar-refractivity contribution in [1.29, 1.82) is 0 Å². The molecule has 100 valence electrons. The Morgan fingerprint density at radius 1 is 1.19 bits per heavy atom. The summed E-state index contributed by atoms with van der Waals surface area (Å²) in [6, 6.07) is 18.5. The van der Waals surface area contributed by atoms with Crippen LogP contribution in [0.2, 0.25) is 0 Å². The third-order valence-corrected chi connectivity index (χ3v) is 3.28. The number of carbonyl (C=O) groups is 1. The fraction of sp³-hybridized carbons (Fsp3) is 0.118. The van der Waals surface area contributed by atoms with E-state index >= 15 is 0 Å². The van der Waals surface area contributed by atoms with Gasteiger partial charge in [0.2, 0.25) is 0 Å². The second kappa shape index (κ2) is 7.01. The summed E-state index contributed by atoms with van der Waals surface area (Å²) in [5, 5.41) is 2.94. The Balaban J connectivity index is 0.00000161. The minimum atomic E-state index is -0.119. The number of carbonyl (C=O) groups excluding carboxylic acids is 1. The predicted molar refractivity (Wildman–Crippen MR) is 80.3 cm³/mol. The van der Waals surface area contributed by atoms with Crippen LogP contribution in [0.3, 0.4) is 0 Å². The SMILES string of the molecule is Cc1cccc(C2=CCN(c3[c-]cccc3)C(=O)N2)c1.[Y+3]. The summed E-state index contributed by atoms with van der Waals surface area (Å²) in [5.74, 6) is 0. The zero-order valence-corrected chi connectivity index (χ0v) is 14.7. The molecular weight excluding hydrogens is 337 g/mol. The van der Waals surface area contributed by atoms with Crippen molar-refractivity contribution in [3.8, 4) is 0 Å². The summed E-state index contributed by atoms with van der Waals surface area (Å²) in [4.78, 5) is 13.9. The average Bonchev–Trinajstić information content (AvgIpc) is 2.48. The van der Waals surface area contributed by atoms with Crippen molar-refractivity contribution in [2.45, 2.75) is 6.92 Å². The number of aryl methyl sites for hydroxylation is 1. The summed E-state index contributed by atoms with van der Waals surface area (Å²) < 4.78 is 0. The first-order chi connectivity index (χ1) is 9.74. The van der Waals surface area contributed by atoms with Crippen LogP contribution in [0.25, 0.3) is 5.70 Å². The minimum absolute atomic E-state index is 0. The Hall–Kier alpha value is -1.45. The van der Waals surface area contributed by atoms with Gasteiger partial charge in [-0.3, -0.25) is 0 Å². The Morgan fingerprint density at radius 3 is 2.71 bits per heavy atom. The van der Waals surface area contributed by atoms with Gasteiger partial charge in [0, 0.05) is 12.2 Å². The smallest absolute Gasteiger partial charge is 0.314 e. The average molecular weight is 352 g/mol. The van der Waals surface area contributed by atoms with E-state index < -0.39 is 0 Å². The van der Waals surface area contributed by atoms with Gasteiger partial charge in [-0.25, -0.2) is 4.79 Å². The molecule has 2 aromatic rings. The Bertz CT molecular complexity index is 668. The Kier molecular flexibility index (Phi) is 5.32. The van der Waals surface area contributed by atoms with Crippen LogP contribution in [0.1, 0.15) is 11.1 Å². The standard InChI is InChI=1S/C17H15N2O.Y/c1-13-6-5-7-14(12-13)16-10-11-19(17(20)18-16)15-8-3-2-4-9-15;/h2-8,10,12H,11H2,1H3,(H,18,20);/q-1;+3. The quantitative estimate of drug-likeness (QED) is 0.826. The molecule has 0 aromatic heterocycles. The van der Waals surface area contributed by atoms with Crippen LogP contribution in [0.4, 0.5) is 10.5 Å². The van der Waals surface area contributed by atoms with Gasteiger partial charge in [-0.05, 0) is 24.6 Å². The maximum atomic E-state index is 12.2. The third-order valence-electron chi connectivity index (χ3n) is 3.28. The van der Waals surface area contributed by atoms with E-state index in [4.69, 9.17) is 0 Å². The van der Waals surface area contributed by atoms with Crippen molar-refractivity contribution in [3.63, 3.8) is 0 Å². The molecule has 1 N–H and O–H groups in total. The second-order valence-electron chi connectivity index (χ2n) is 4.78. The molecule has 0 atom stereocenters. The van der Waals surface area contributed by atoms with E-state index in [0.29, 0.717) is 6.54 Å². The zero-order chi connectivity index (χ0) is 13.9. The number of nitrogens with zero attached hydrogens (tertiary/aromatic N) is 1. The fourth-order valence-corrected chi connectivity index (χ4v) is 2.26. The number of benzene rings is 2. The Labute approximate surface area is 149 Å². The van der Waals surface area contributed by atoms with Crippen LogP contribution in [0, 0.1) is 13.0 Å². The number of nitrogens with one attached hydrogen (secondary N) is 1. The number of hydrogen-bond acceptors (Lipinski definition) is 1. The second-order valence-corrected chi connectivity index (χ2v) is 4.78. The first-order valence-corrected chi connectivity index (χ1v) is 6.56.